The maximum absolute atomic E-state index is 11.3. The number of halogens is 1. The quantitative estimate of drug-likeness (QED) is 0.841. The highest BCUT2D eigenvalue weighted by Gasteiger charge is 2.15. The lowest BCUT2D eigenvalue weighted by molar-refractivity contribution is 0.137. The van der Waals surface area contributed by atoms with Crippen LogP contribution in [0.3, 0.4) is 0 Å². The Morgan fingerprint density at radius 1 is 1.39 bits per heavy atom. The van der Waals surface area contributed by atoms with Gasteiger partial charge in [-0.25, -0.2) is 13.2 Å². The first kappa shape index (κ1) is 14.8. The number of benzene rings is 1. The fraction of sp³-hybridized carbons (Fsp3) is 0.364. The van der Waals surface area contributed by atoms with Crippen LogP contribution in [0.2, 0.25) is 0 Å². The molecule has 0 spiro atoms. The third-order valence-electron chi connectivity index (χ3n) is 2.03. The molecule has 100 valence electrons. The maximum Gasteiger partial charge on any atom is 0.407 e. The molecule has 0 unspecified atom stereocenters. The zero-order chi connectivity index (χ0) is 13.6. The predicted octanol–water partition coefficient (Wildman–Crippen LogP) is 1.87. The average molecular weight is 292 g/mol. The molecule has 0 fully saturated rings. The second kappa shape index (κ2) is 6.61. The largest absolute Gasteiger partial charge is 0.445 e. The van der Waals surface area contributed by atoms with Gasteiger partial charge in [0.15, 0.2) is 0 Å². The van der Waals surface area contributed by atoms with Gasteiger partial charge in [0.2, 0.25) is 9.05 Å². The summed E-state index contributed by atoms with van der Waals surface area (Å²) < 4.78 is 26.5. The first-order valence-electron chi connectivity index (χ1n) is 5.26. The van der Waals surface area contributed by atoms with Crippen molar-refractivity contribution in [2.45, 2.75) is 19.6 Å². The zero-order valence-electron chi connectivity index (χ0n) is 9.80. The van der Waals surface area contributed by atoms with E-state index in [1.165, 1.54) is 6.92 Å². The molecule has 1 atom stereocenters. The van der Waals surface area contributed by atoms with Gasteiger partial charge in [0, 0.05) is 16.7 Å². The van der Waals surface area contributed by atoms with Gasteiger partial charge in [0.05, 0.1) is 5.75 Å². The van der Waals surface area contributed by atoms with Crippen LogP contribution in [0.1, 0.15) is 12.5 Å². The van der Waals surface area contributed by atoms with Crippen LogP contribution < -0.4 is 5.32 Å². The highest BCUT2D eigenvalue weighted by atomic mass is 35.7. The molecular formula is C11H14ClNO4S. The fourth-order valence-corrected chi connectivity index (χ4v) is 2.55. The molecule has 7 heteroatoms. The van der Waals surface area contributed by atoms with E-state index >= 15 is 0 Å². The average Bonchev–Trinajstić information content (AvgIpc) is 2.25. The molecule has 0 aliphatic carbocycles. The molecule has 0 radical (unpaired) electrons. The van der Waals surface area contributed by atoms with Crippen molar-refractivity contribution in [3.05, 3.63) is 35.9 Å². The number of carbonyl (C=O) groups excluding carboxylic acids is 1. The van der Waals surface area contributed by atoms with Crippen LogP contribution in [0.15, 0.2) is 30.3 Å². The summed E-state index contributed by atoms with van der Waals surface area (Å²) in [5.41, 5.74) is 0.852. The smallest absolute Gasteiger partial charge is 0.407 e. The Bertz CT molecular complexity index is 489. The van der Waals surface area contributed by atoms with E-state index in [0.29, 0.717) is 0 Å². The third-order valence-corrected chi connectivity index (χ3v) is 3.30. The minimum absolute atomic E-state index is 0.132. The predicted molar refractivity (Wildman–Crippen MR) is 68.9 cm³/mol. The van der Waals surface area contributed by atoms with Gasteiger partial charge in [-0.05, 0) is 12.5 Å². The van der Waals surface area contributed by atoms with Crippen LogP contribution in [-0.2, 0) is 20.4 Å². The highest BCUT2D eigenvalue weighted by molar-refractivity contribution is 8.13. The standard InChI is InChI=1S/C11H14ClNO4S/c1-9(8-18(12,15)16)13-11(14)17-7-10-5-3-2-4-6-10/h2-6,9H,7-8H2,1H3,(H,13,14)/t9-/m0/s1. The number of alkyl carbamates (subject to hydrolysis) is 1. The number of ether oxygens (including phenoxy) is 1. The molecule has 0 aromatic heterocycles. The zero-order valence-corrected chi connectivity index (χ0v) is 11.4. The van der Waals surface area contributed by atoms with Crippen LogP contribution in [0.5, 0.6) is 0 Å². The molecule has 1 aromatic rings. The Balaban J connectivity index is 2.34. The molecule has 18 heavy (non-hydrogen) atoms. The van der Waals surface area contributed by atoms with Crippen LogP contribution in [0, 0.1) is 0 Å². The number of rotatable bonds is 5. The topological polar surface area (TPSA) is 72.5 Å². The van der Waals surface area contributed by atoms with Crippen LogP contribution in [0.4, 0.5) is 4.79 Å². The van der Waals surface area contributed by atoms with Crippen LogP contribution >= 0.6 is 10.7 Å². The van der Waals surface area contributed by atoms with E-state index in [1.54, 1.807) is 0 Å². The lowest BCUT2D eigenvalue weighted by Gasteiger charge is -2.12. The van der Waals surface area contributed by atoms with E-state index in [0.717, 1.165) is 5.56 Å². The first-order chi connectivity index (χ1) is 8.37. The van der Waals surface area contributed by atoms with E-state index in [4.69, 9.17) is 15.4 Å². The molecule has 0 aliphatic rings. The van der Waals surface area contributed by atoms with Gasteiger partial charge in [-0.1, -0.05) is 30.3 Å². The Hall–Kier alpha value is -1.27. The van der Waals surface area contributed by atoms with E-state index in [2.05, 4.69) is 5.32 Å². The molecule has 0 heterocycles. The Morgan fingerprint density at radius 2 is 2.00 bits per heavy atom. The summed E-state index contributed by atoms with van der Waals surface area (Å²) >= 11 is 0. The molecule has 0 bridgehead atoms. The molecule has 5 nitrogen and oxygen atoms in total. The van der Waals surface area contributed by atoms with Gasteiger partial charge in [-0.3, -0.25) is 0 Å². The second-order valence-corrected chi connectivity index (χ2v) is 6.63. The molecule has 0 saturated heterocycles. The van der Waals surface area contributed by atoms with Gasteiger partial charge >= 0.3 is 6.09 Å². The molecule has 1 amide bonds. The van der Waals surface area contributed by atoms with Gasteiger partial charge in [-0.15, -0.1) is 0 Å². The monoisotopic (exact) mass is 291 g/mol. The van der Waals surface area contributed by atoms with Crippen molar-refractivity contribution in [3.8, 4) is 0 Å². The first-order valence-corrected chi connectivity index (χ1v) is 7.74. The highest BCUT2D eigenvalue weighted by Crippen LogP contribution is 2.02. The Kier molecular flexibility index (Phi) is 5.43. The van der Waals surface area contributed by atoms with E-state index in [1.807, 2.05) is 30.3 Å². The summed E-state index contributed by atoms with van der Waals surface area (Å²) in [4.78, 5) is 11.3. The van der Waals surface area contributed by atoms with Gasteiger partial charge in [0.1, 0.15) is 6.61 Å². The van der Waals surface area contributed by atoms with Gasteiger partial charge in [0.25, 0.3) is 0 Å². The number of amides is 1. The molecular weight excluding hydrogens is 278 g/mol. The SMILES string of the molecule is C[C@@H](CS(=O)(=O)Cl)NC(=O)OCc1ccccc1. The Labute approximate surface area is 111 Å². The molecule has 0 saturated carbocycles. The Morgan fingerprint density at radius 3 is 2.56 bits per heavy atom. The summed E-state index contributed by atoms with van der Waals surface area (Å²) in [5.74, 6) is -0.338. The normalized spacial score (nSPS) is 12.8. The van der Waals surface area contributed by atoms with Crippen LogP contribution in [-0.4, -0.2) is 26.3 Å². The molecule has 1 aromatic carbocycles. The van der Waals surface area contributed by atoms with Gasteiger partial charge < -0.3 is 10.1 Å². The van der Waals surface area contributed by atoms with Crippen molar-refractivity contribution in [1.82, 2.24) is 5.32 Å². The van der Waals surface area contributed by atoms with Crippen molar-refractivity contribution in [2.75, 3.05) is 5.75 Å². The minimum atomic E-state index is -3.63. The summed E-state index contributed by atoms with van der Waals surface area (Å²) in [7, 11) is 1.43. The fourth-order valence-electron chi connectivity index (χ4n) is 1.31. The van der Waals surface area contributed by atoms with Crippen molar-refractivity contribution in [3.63, 3.8) is 0 Å². The second-order valence-electron chi connectivity index (χ2n) is 3.81. The number of nitrogens with one attached hydrogen (secondary N) is 1. The van der Waals surface area contributed by atoms with Crippen molar-refractivity contribution >= 4 is 25.8 Å². The molecule has 1 rings (SSSR count). The summed E-state index contributed by atoms with van der Waals surface area (Å²) in [5, 5.41) is 2.38. The summed E-state index contributed by atoms with van der Waals surface area (Å²) in [6.45, 7) is 1.66. The van der Waals surface area contributed by atoms with E-state index < -0.39 is 21.2 Å². The maximum atomic E-state index is 11.3. The molecule has 1 N–H and O–H groups in total. The number of hydrogen-bond acceptors (Lipinski definition) is 4. The van der Waals surface area contributed by atoms with Crippen molar-refractivity contribution in [2.24, 2.45) is 0 Å². The third kappa shape index (κ3) is 6.46. The van der Waals surface area contributed by atoms with E-state index in [9.17, 15) is 13.2 Å². The lowest BCUT2D eigenvalue weighted by Crippen LogP contribution is -2.36. The van der Waals surface area contributed by atoms with Crippen molar-refractivity contribution < 1.29 is 17.9 Å². The number of hydrogen-bond donors (Lipinski definition) is 1. The van der Waals surface area contributed by atoms with Crippen LogP contribution in [0.25, 0.3) is 0 Å². The van der Waals surface area contributed by atoms with E-state index in [-0.39, 0.29) is 12.4 Å². The summed E-state index contributed by atoms with van der Waals surface area (Å²) in [6.07, 6.45) is -0.674. The minimum Gasteiger partial charge on any atom is -0.445 e. The lowest BCUT2D eigenvalue weighted by atomic mass is 10.2. The molecule has 0 aliphatic heterocycles. The number of carbonyl (C=O) groups is 1. The summed E-state index contributed by atoms with van der Waals surface area (Å²) in [6, 6.07) is 8.56. The van der Waals surface area contributed by atoms with Gasteiger partial charge in [-0.2, -0.15) is 0 Å². The van der Waals surface area contributed by atoms with Crippen molar-refractivity contribution in [1.29, 1.82) is 0 Å².